The van der Waals surface area contributed by atoms with Crippen molar-refractivity contribution in [2.75, 3.05) is 7.11 Å². The minimum Gasteiger partial charge on any atom is -0.508 e. The number of benzene rings is 1. The van der Waals surface area contributed by atoms with Crippen LogP contribution >= 0.6 is 0 Å². The fourth-order valence-corrected chi connectivity index (χ4v) is 3.15. The van der Waals surface area contributed by atoms with Gasteiger partial charge in [-0.25, -0.2) is 0 Å². The molecule has 0 unspecified atom stereocenters. The number of nitrogens with one attached hydrogen (secondary N) is 1. The highest BCUT2D eigenvalue weighted by molar-refractivity contribution is 5.39. The van der Waals surface area contributed by atoms with E-state index >= 15 is 0 Å². The highest BCUT2D eigenvalue weighted by atomic mass is 16.5. The topological polar surface area (TPSA) is 41.5 Å². The molecule has 20 heavy (non-hydrogen) atoms. The van der Waals surface area contributed by atoms with Crippen LogP contribution in [0.25, 0.3) is 0 Å². The largest absolute Gasteiger partial charge is 0.508 e. The molecule has 0 aromatic heterocycles. The van der Waals surface area contributed by atoms with Crippen LogP contribution in [0.15, 0.2) is 18.2 Å². The van der Waals surface area contributed by atoms with Crippen LogP contribution in [-0.4, -0.2) is 18.3 Å². The van der Waals surface area contributed by atoms with Gasteiger partial charge in [-0.05, 0) is 49.8 Å². The molecule has 1 saturated carbocycles. The molecule has 1 aromatic rings. The van der Waals surface area contributed by atoms with E-state index in [0.717, 1.165) is 17.2 Å². The van der Waals surface area contributed by atoms with Crippen molar-refractivity contribution in [3.05, 3.63) is 23.8 Å². The van der Waals surface area contributed by atoms with E-state index in [0.29, 0.717) is 18.3 Å². The van der Waals surface area contributed by atoms with Gasteiger partial charge in [0.25, 0.3) is 0 Å². The van der Waals surface area contributed by atoms with Crippen LogP contribution in [-0.2, 0) is 6.54 Å². The maximum Gasteiger partial charge on any atom is 0.120 e. The van der Waals surface area contributed by atoms with Crippen molar-refractivity contribution in [3.63, 3.8) is 0 Å². The Morgan fingerprint density at radius 2 is 2.00 bits per heavy atom. The van der Waals surface area contributed by atoms with E-state index in [9.17, 15) is 5.11 Å². The van der Waals surface area contributed by atoms with Crippen LogP contribution in [0.1, 0.15) is 51.0 Å². The van der Waals surface area contributed by atoms with Crippen LogP contribution in [0.5, 0.6) is 11.5 Å². The molecule has 0 heterocycles. The molecule has 0 saturated heterocycles. The van der Waals surface area contributed by atoms with Crippen molar-refractivity contribution in [1.82, 2.24) is 5.32 Å². The first-order valence-corrected chi connectivity index (χ1v) is 7.82. The molecule has 0 spiro atoms. The van der Waals surface area contributed by atoms with Gasteiger partial charge in [-0.2, -0.15) is 0 Å². The van der Waals surface area contributed by atoms with Crippen molar-refractivity contribution < 1.29 is 9.84 Å². The molecule has 1 aliphatic rings. The summed E-state index contributed by atoms with van der Waals surface area (Å²) in [6, 6.07) is 5.99. The Morgan fingerprint density at radius 1 is 1.25 bits per heavy atom. The zero-order chi connectivity index (χ0) is 14.4. The quantitative estimate of drug-likeness (QED) is 0.830. The van der Waals surface area contributed by atoms with Crippen LogP contribution in [0.2, 0.25) is 0 Å². The van der Waals surface area contributed by atoms with E-state index in [1.807, 2.05) is 6.07 Å². The molecule has 2 rings (SSSR count). The number of hydrogen-bond donors (Lipinski definition) is 2. The monoisotopic (exact) mass is 277 g/mol. The van der Waals surface area contributed by atoms with Crippen molar-refractivity contribution in [3.8, 4) is 11.5 Å². The fraction of sp³-hybridized carbons (Fsp3) is 0.647. The first kappa shape index (κ1) is 15.2. The Balaban J connectivity index is 1.81. The molecule has 3 heteroatoms. The van der Waals surface area contributed by atoms with Crippen LogP contribution < -0.4 is 10.1 Å². The average molecular weight is 277 g/mol. The summed E-state index contributed by atoms with van der Waals surface area (Å²) in [4.78, 5) is 0. The van der Waals surface area contributed by atoms with Crippen LogP contribution in [0.4, 0.5) is 0 Å². The Morgan fingerprint density at radius 3 is 2.65 bits per heavy atom. The SMILES string of the molecule is CCCC1CCC(NCc2cc(OC)ccc2O)CC1. The van der Waals surface area contributed by atoms with Gasteiger partial charge in [-0.15, -0.1) is 0 Å². The third kappa shape index (κ3) is 4.14. The molecule has 1 fully saturated rings. The normalized spacial score (nSPS) is 22.7. The van der Waals surface area contributed by atoms with Gasteiger partial charge in [0.15, 0.2) is 0 Å². The van der Waals surface area contributed by atoms with Crippen LogP contribution in [0, 0.1) is 5.92 Å². The molecular formula is C17H27NO2. The third-order valence-corrected chi connectivity index (χ3v) is 4.41. The minimum atomic E-state index is 0.345. The van der Waals surface area contributed by atoms with Gasteiger partial charge < -0.3 is 15.2 Å². The molecule has 0 amide bonds. The number of aromatic hydroxyl groups is 1. The van der Waals surface area contributed by atoms with Crippen molar-refractivity contribution in [2.45, 2.75) is 58.0 Å². The molecule has 1 aromatic carbocycles. The van der Waals surface area contributed by atoms with Crippen LogP contribution in [0.3, 0.4) is 0 Å². The second kappa shape index (κ2) is 7.53. The highest BCUT2D eigenvalue weighted by Gasteiger charge is 2.20. The van der Waals surface area contributed by atoms with E-state index in [1.165, 1.54) is 38.5 Å². The summed E-state index contributed by atoms with van der Waals surface area (Å²) >= 11 is 0. The lowest BCUT2D eigenvalue weighted by Gasteiger charge is -2.29. The number of rotatable bonds is 6. The number of phenols is 1. The Labute approximate surface area is 122 Å². The molecular weight excluding hydrogens is 250 g/mol. The summed E-state index contributed by atoms with van der Waals surface area (Å²) in [6.45, 7) is 2.99. The van der Waals surface area contributed by atoms with Gasteiger partial charge in [0.2, 0.25) is 0 Å². The lowest BCUT2D eigenvalue weighted by Crippen LogP contribution is -2.32. The molecule has 1 aliphatic carbocycles. The molecule has 2 N–H and O–H groups in total. The summed E-state index contributed by atoms with van der Waals surface area (Å²) < 4.78 is 5.20. The Hall–Kier alpha value is -1.22. The fourth-order valence-electron chi connectivity index (χ4n) is 3.15. The minimum absolute atomic E-state index is 0.345. The van der Waals surface area contributed by atoms with Gasteiger partial charge in [0.1, 0.15) is 11.5 Å². The second-order valence-electron chi connectivity index (χ2n) is 5.88. The molecule has 3 nitrogen and oxygen atoms in total. The summed E-state index contributed by atoms with van der Waals surface area (Å²) in [5.74, 6) is 2.08. The van der Waals surface area contributed by atoms with E-state index in [-0.39, 0.29) is 0 Å². The summed E-state index contributed by atoms with van der Waals surface area (Å²) in [5.41, 5.74) is 0.917. The molecule has 0 radical (unpaired) electrons. The number of methoxy groups -OCH3 is 1. The van der Waals surface area contributed by atoms with Gasteiger partial charge in [-0.3, -0.25) is 0 Å². The summed E-state index contributed by atoms with van der Waals surface area (Å²) in [5, 5.41) is 13.5. The molecule has 112 valence electrons. The third-order valence-electron chi connectivity index (χ3n) is 4.41. The van der Waals surface area contributed by atoms with Crippen molar-refractivity contribution in [2.24, 2.45) is 5.92 Å². The lowest BCUT2D eigenvalue weighted by atomic mass is 9.83. The maximum atomic E-state index is 9.88. The summed E-state index contributed by atoms with van der Waals surface area (Å²) in [6.07, 6.45) is 7.89. The lowest BCUT2D eigenvalue weighted by molar-refractivity contribution is 0.277. The Kier molecular flexibility index (Phi) is 5.72. The first-order valence-electron chi connectivity index (χ1n) is 7.82. The number of ether oxygens (including phenoxy) is 1. The standard InChI is InChI=1S/C17H27NO2/c1-3-4-13-5-7-15(8-6-13)18-12-14-11-16(20-2)9-10-17(14)19/h9-11,13,15,18-19H,3-8,12H2,1-2H3. The van der Waals surface area contributed by atoms with Crippen molar-refractivity contribution >= 4 is 0 Å². The van der Waals surface area contributed by atoms with E-state index in [1.54, 1.807) is 19.2 Å². The van der Waals surface area contributed by atoms with E-state index < -0.39 is 0 Å². The maximum absolute atomic E-state index is 9.88. The molecule has 0 bridgehead atoms. The van der Waals surface area contributed by atoms with Crippen molar-refractivity contribution in [1.29, 1.82) is 0 Å². The zero-order valence-corrected chi connectivity index (χ0v) is 12.7. The van der Waals surface area contributed by atoms with Gasteiger partial charge in [0.05, 0.1) is 7.11 Å². The zero-order valence-electron chi connectivity index (χ0n) is 12.7. The summed E-state index contributed by atoms with van der Waals surface area (Å²) in [7, 11) is 1.65. The Bertz CT molecular complexity index is 411. The van der Waals surface area contributed by atoms with Gasteiger partial charge >= 0.3 is 0 Å². The highest BCUT2D eigenvalue weighted by Crippen LogP contribution is 2.28. The molecule has 0 aliphatic heterocycles. The number of phenolic OH excluding ortho intramolecular Hbond substituents is 1. The predicted molar refractivity (Wildman–Crippen MR) is 82.2 cm³/mol. The van der Waals surface area contributed by atoms with Gasteiger partial charge in [0, 0.05) is 18.2 Å². The first-order chi connectivity index (χ1) is 9.72. The smallest absolute Gasteiger partial charge is 0.120 e. The van der Waals surface area contributed by atoms with Gasteiger partial charge in [-0.1, -0.05) is 19.8 Å². The predicted octanol–water partition coefficient (Wildman–Crippen LogP) is 3.85. The second-order valence-corrected chi connectivity index (χ2v) is 5.88. The number of hydrogen-bond acceptors (Lipinski definition) is 3. The van der Waals surface area contributed by atoms with E-state index in [4.69, 9.17) is 4.74 Å². The van der Waals surface area contributed by atoms with E-state index in [2.05, 4.69) is 12.2 Å². The average Bonchev–Trinajstić information content (AvgIpc) is 2.48. The molecule has 0 atom stereocenters.